The molecule has 0 aromatic heterocycles. The Hall–Kier alpha value is -0.0800. The predicted molar refractivity (Wildman–Crippen MR) is 74.2 cm³/mol. The zero-order chi connectivity index (χ0) is 12.3. The summed E-state index contributed by atoms with van der Waals surface area (Å²) in [4.78, 5) is 2.63. The van der Waals surface area contributed by atoms with Gasteiger partial charge in [0.25, 0.3) is 0 Å². The fourth-order valence-corrected chi connectivity index (χ4v) is 3.66. The molecule has 1 heterocycles. The van der Waals surface area contributed by atoms with Crippen LogP contribution in [0.25, 0.3) is 0 Å². The highest BCUT2D eigenvalue weighted by atomic mass is 15.2. The molecule has 2 aliphatic rings. The van der Waals surface area contributed by atoms with Crippen LogP contribution in [0.2, 0.25) is 0 Å². The van der Waals surface area contributed by atoms with Gasteiger partial charge in [0, 0.05) is 18.6 Å². The number of likely N-dealkylation sites (N-methyl/N-ethyl adjacent to an activating group) is 1. The summed E-state index contributed by atoms with van der Waals surface area (Å²) in [6.07, 6.45) is 8.45. The highest BCUT2D eigenvalue weighted by Gasteiger charge is 2.25. The lowest BCUT2D eigenvalue weighted by Gasteiger charge is -2.38. The van der Waals surface area contributed by atoms with Crippen LogP contribution in [0, 0.1) is 11.8 Å². The zero-order valence-electron chi connectivity index (χ0n) is 11.9. The lowest BCUT2D eigenvalue weighted by atomic mass is 9.86. The molecule has 0 bridgehead atoms. The van der Waals surface area contributed by atoms with Crippen LogP contribution in [0.5, 0.6) is 0 Å². The highest BCUT2D eigenvalue weighted by molar-refractivity contribution is 4.83. The average molecular weight is 238 g/mol. The van der Waals surface area contributed by atoms with Crippen molar-refractivity contribution in [2.24, 2.45) is 11.8 Å². The van der Waals surface area contributed by atoms with Gasteiger partial charge in [0.15, 0.2) is 0 Å². The van der Waals surface area contributed by atoms with Crippen LogP contribution in [0.3, 0.4) is 0 Å². The van der Waals surface area contributed by atoms with Gasteiger partial charge in [-0.05, 0) is 51.1 Å². The molecule has 2 rings (SSSR count). The Morgan fingerprint density at radius 2 is 1.82 bits per heavy atom. The SMILES string of the molecule is CC1CCNC(CN(C)C2CCCC(C)C2)C1. The van der Waals surface area contributed by atoms with E-state index < -0.39 is 0 Å². The Morgan fingerprint density at radius 1 is 1.06 bits per heavy atom. The Bertz CT molecular complexity index is 229. The first-order chi connectivity index (χ1) is 8.15. The quantitative estimate of drug-likeness (QED) is 0.813. The van der Waals surface area contributed by atoms with E-state index in [0.717, 1.165) is 23.9 Å². The van der Waals surface area contributed by atoms with Gasteiger partial charge in [0.2, 0.25) is 0 Å². The van der Waals surface area contributed by atoms with Crippen molar-refractivity contribution < 1.29 is 0 Å². The van der Waals surface area contributed by atoms with E-state index in [1.54, 1.807) is 0 Å². The standard InChI is InChI=1S/C15H30N2/c1-12-5-4-6-15(10-12)17(3)11-14-9-13(2)7-8-16-14/h12-16H,4-11H2,1-3H3. The van der Waals surface area contributed by atoms with E-state index in [1.165, 1.54) is 51.6 Å². The Balaban J connectivity index is 1.77. The Kier molecular flexibility index (Phi) is 4.87. The summed E-state index contributed by atoms with van der Waals surface area (Å²) in [5.74, 6) is 1.86. The molecule has 100 valence electrons. The highest BCUT2D eigenvalue weighted by Crippen LogP contribution is 2.27. The van der Waals surface area contributed by atoms with Crippen LogP contribution in [-0.4, -0.2) is 37.1 Å². The van der Waals surface area contributed by atoms with Crippen LogP contribution >= 0.6 is 0 Å². The molecule has 1 N–H and O–H groups in total. The monoisotopic (exact) mass is 238 g/mol. The number of piperidine rings is 1. The third kappa shape index (κ3) is 3.96. The topological polar surface area (TPSA) is 15.3 Å². The van der Waals surface area contributed by atoms with Crippen molar-refractivity contribution in [1.29, 1.82) is 0 Å². The third-order valence-corrected chi connectivity index (χ3v) is 4.80. The first-order valence-electron chi connectivity index (χ1n) is 7.58. The fraction of sp³-hybridized carbons (Fsp3) is 1.00. The molecule has 1 saturated heterocycles. The van der Waals surface area contributed by atoms with Crippen LogP contribution in [0.4, 0.5) is 0 Å². The summed E-state index contributed by atoms with van der Waals surface area (Å²) in [5, 5.41) is 3.69. The first kappa shape index (κ1) is 13.4. The molecule has 1 aliphatic heterocycles. The lowest BCUT2D eigenvalue weighted by Crippen LogP contribution is -2.48. The van der Waals surface area contributed by atoms with E-state index >= 15 is 0 Å². The Morgan fingerprint density at radius 3 is 2.53 bits per heavy atom. The van der Waals surface area contributed by atoms with Gasteiger partial charge in [-0.1, -0.05) is 26.7 Å². The molecule has 2 heteroatoms. The maximum absolute atomic E-state index is 3.69. The average Bonchev–Trinajstić information content (AvgIpc) is 2.29. The van der Waals surface area contributed by atoms with Crippen molar-refractivity contribution in [3.05, 3.63) is 0 Å². The minimum absolute atomic E-state index is 0.737. The van der Waals surface area contributed by atoms with Gasteiger partial charge in [-0.3, -0.25) is 0 Å². The van der Waals surface area contributed by atoms with Crippen LogP contribution in [0.15, 0.2) is 0 Å². The minimum atomic E-state index is 0.737. The number of hydrogen-bond donors (Lipinski definition) is 1. The van der Waals surface area contributed by atoms with Crippen molar-refractivity contribution in [3.63, 3.8) is 0 Å². The van der Waals surface area contributed by atoms with Crippen LogP contribution in [-0.2, 0) is 0 Å². The molecule has 4 atom stereocenters. The molecule has 2 nitrogen and oxygen atoms in total. The van der Waals surface area contributed by atoms with Gasteiger partial charge in [0.1, 0.15) is 0 Å². The van der Waals surface area contributed by atoms with Crippen LogP contribution in [0.1, 0.15) is 52.4 Å². The van der Waals surface area contributed by atoms with E-state index in [2.05, 4.69) is 31.1 Å². The van der Waals surface area contributed by atoms with E-state index in [4.69, 9.17) is 0 Å². The minimum Gasteiger partial charge on any atom is -0.313 e. The second-order valence-electron chi connectivity index (χ2n) is 6.65. The van der Waals surface area contributed by atoms with Crippen molar-refractivity contribution in [2.45, 2.75) is 64.5 Å². The summed E-state index contributed by atoms with van der Waals surface area (Å²) in [6, 6.07) is 1.58. The molecule has 0 aromatic rings. The number of nitrogens with one attached hydrogen (secondary N) is 1. The molecule has 1 aliphatic carbocycles. The normalized spacial score (nSPS) is 39.5. The summed E-state index contributed by atoms with van der Waals surface area (Å²) >= 11 is 0. The Labute approximate surface area is 107 Å². The smallest absolute Gasteiger partial charge is 0.0197 e. The second kappa shape index (κ2) is 6.19. The summed E-state index contributed by atoms with van der Waals surface area (Å²) in [7, 11) is 2.34. The van der Waals surface area contributed by atoms with Crippen molar-refractivity contribution >= 4 is 0 Å². The first-order valence-corrected chi connectivity index (χ1v) is 7.58. The number of rotatable bonds is 3. The lowest BCUT2D eigenvalue weighted by molar-refractivity contribution is 0.138. The van der Waals surface area contributed by atoms with Crippen molar-refractivity contribution in [3.8, 4) is 0 Å². The van der Waals surface area contributed by atoms with Gasteiger partial charge in [0.05, 0.1) is 0 Å². The van der Waals surface area contributed by atoms with Gasteiger partial charge >= 0.3 is 0 Å². The summed E-state index contributed by atoms with van der Waals surface area (Å²) < 4.78 is 0. The number of nitrogens with zero attached hydrogens (tertiary/aromatic N) is 1. The molecule has 4 unspecified atom stereocenters. The molecule has 0 amide bonds. The van der Waals surface area contributed by atoms with E-state index in [1.807, 2.05) is 0 Å². The molecule has 17 heavy (non-hydrogen) atoms. The molecule has 0 spiro atoms. The predicted octanol–water partition coefficient (Wildman–Crippen LogP) is 2.89. The van der Waals surface area contributed by atoms with Gasteiger partial charge in [-0.2, -0.15) is 0 Å². The fourth-order valence-electron chi connectivity index (χ4n) is 3.66. The maximum Gasteiger partial charge on any atom is 0.0197 e. The number of hydrogen-bond acceptors (Lipinski definition) is 2. The molecular weight excluding hydrogens is 208 g/mol. The van der Waals surface area contributed by atoms with Crippen molar-refractivity contribution in [1.82, 2.24) is 10.2 Å². The van der Waals surface area contributed by atoms with E-state index in [0.29, 0.717) is 0 Å². The summed E-state index contributed by atoms with van der Waals surface area (Å²) in [6.45, 7) is 7.29. The molecule has 2 fully saturated rings. The summed E-state index contributed by atoms with van der Waals surface area (Å²) in [5.41, 5.74) is 0. The van der Waals surface area contributed by atoms with Gasteiger partial charge in [-0.25, -0.2) is 0 Å². The zero-order valence-corrected chi connectivity index (χ0v) is 11.9. The molecule has 0 aromatic carbocycles. The van der Waals surface area contributed by atoms with E-state index in [-0.39, 0.29) is 0 Å². The van der Waals surface area contributed by atoms with Crippen molar-refractivity contribution in [2.75, 3.05) is 20.1 Å². The van der Waals surface area contributed by atoms with Gasteiger partial charge < -0.3 is 10.2 Å². The van der Waals surface area contributed by atoms with Crippen LogP contribution < -0.4 is 5.32 Å². The molecule has 1 saturated carbocycles. The maximum atomic E-state index is 3.69. The molecular formula is C15H30N2. The second-order valence-corrected chi connectivity index (χ2v) is 6.65. The molecule has 0 radical (unpaired) electrons. The third-order valence-electron chi connectivity index (χ3n) is 4.80. The van der Waals surface area contributed by atoms with E-state index in [9.17, 15) is 0 Å². The largest absolute Gasteiger partial charge is 0.313 e. The van der Waals surface area contributed by atoms with Gasteiger partial charge in [-0.15, -0.1) is 0 Å².